The van der Waals surface area contributed by atoms with E-state index in [4.69, 9.17) is 4.98 Å². The van der Waals surface area contributed by atoms with Crippen LogP contribution in [0.25, 0.3) is 11.5 Å². The Morgan fingerprint density at radius 1 is 1.33 bits per heavy atom. The first-order chi connectivity index (χ1) is 10.3. The number of hydrogen-bond donors (Lipinski definition) is 2. The maximum Gasteiger partial charge on any atom is 0.184 e. The summed E-state index contributed by atoms with van der Waals surface area (Å²) in [5, 5.41) is 14.0. The summed E-state index contributed by atoms with van der Waals surface area (Å²) < 4.78 is 1.15. The lowest BCUT2D eigenvalue weighted by Gasteiger charge is -2.15. The van der Waals surface area contributed by atoms with Gasteiger partial charge in [-0.15, -0.1) is 0 Å². The highest BCUT2D eigenvalue weighted by Crippen LogP contribution is 2.37. The number of hydrogen-bond acceptors (Lipinski definition) is 5. The second-order valence-electron chi connectivity index (χ2n) is 5.36. The summed E-state index contributed by atoms with van der Waals surface area (Å²) in [7, 11) is 0. The van der Waals surface area contributed by atoms with Crippen molar-refractivity contribution in [2.75, 3.05) is 11.9 Å². The molecule has 2 heterocycles. The molecule has 7 heteroatoms. The number of halogens is 1. The molecule has 0 aliphatic heterocycles. The summed E-state index contributed by atoms with van der Waals surface area (Å²) in [6.07, 6.45) is 7.77. The van der Waals surface area contributed by atoms with Crippen LogP contribution in [0.4, 0.5) is 5.82 Å². The fourth-order valence-electron chi connectivity index (χ4n) is 2.72. The molecule has 1 saturated carbocycles. The van der Waals surface area contributed by atoms with Gasteiger partial charge in [-0.3, -0.25) is 0 Å². The summed E-state index contributed by atoms with van der Waals surface area (Å²) in [6.45, 7) is 3.06. The van der Waals surface area contributed by atoms with Gasteiger partial charge >= 0.3 is 0 Å². The van der Waals surface area contributed by atoms with Gasteiger partial charge in [-0.1, -0.05) is 19.8 Å². The Kier molecular flexibility index (Phi) is 4.67. The van der Waals surface area contributed by atoms with Crippen LogP contribution in [0.2, 0.25) is 0 Å². The number of aromatic amines is 1. The SMILES string of the molecule is CCCNc1nc(-c2cn[nH]n2)nc(C2CCCC2)c1I. The number of H-pyrrole nitrogens is 1. The third-order valence-corrected chi connectivity index (χ3v) is 4.87. The Hall–Kier alpha value is -1.25. The molecule has 0 saturated heterocycles. The van der Waals surface area contributed by atoms with Crippen molar-refractivity contribution in [2.45, 2.75) is 44.9 Å². The highest BCUT2D eigenvalue weighted by molar-refractivity contribution is 14.1. The lowest BCUT2D eigenvalue weighted by atomic mass is 10.0. The molecule has 0 spiro atoms. The van der Waals surface area contributed by atoms with E-state index in [9.17, 15) is 0 Å². The highest BCUT2D eigenvalue weighted by Gasteiger charge is 2.24. The predicted octanol–water partition coefficient (Wildman–Crippen LogP) is 3.35. The number of nitrogens with one attached hydrogen (secondary N) is 2. The topological polar surface area (TPSA) is 79.4 Å². The summed E-state index contributed by atoms with van der Waals surface area (Å²) in [5.74, 6) is 2.13. The van der Waals surface area contributed by atoms with E-state index in [1.165, 1.54) is 31.4 Å². The lowest BCUT2D eigenvalue weighted by Crippen LogP contribution is -2.11. The molecule has 3 rings (SSSR count). The van der Waals surface area contributed by atoms with Crippen molar-refractivity contribution in [3.63, 3.8) is 0 Å². The van der Waals surface area contributed by atoms with E-state index in [0.29, 0.717) is 17.4 Å². The molecule has 0 atom stereocenters. The van der Waals surface area contributed by atoms with Gasteiger partial charge in [0.2, 0.25) is 0 Å². The molecule has 1 aliphatic carbocycles. The van der Waals surface area contributed by atoms with Crippen molar-refractivity contribution in [1.82, 2.24) is 25.4 Å². The van der Waals surface area contributed by atoms with Gasteiger partial charge in [0, 0.05) is 12.5 Å². The van der Waals surface area contributed by atoms with Crippen LogP contribution in [0, 0.1) is 3.57 Å². The van der Waals surface area contributed by atoms with Crippen molar-refractivity contribution in [1.29, 1.82) is 0 Å². The van der Waals surface area contributed by atoms with Crippen LogP contribution in [0.15, 0.2) is 6.20 Å². The second kappa shape index (κ2) is 6.67. The van der Waals surface area contributed by atoms with E-state index >= 15 is 0 Å². The van der Waals surface area contributed by atoms with E-state index in [-0.39, 0.29) is 0 Å². The number of anilines is 1. The average molecular weight is 398 g/mol. The minimum absolute atomic E-state index is 0.549. The van der Waals surface area contributed by atoms with E-state index in [1.54, 1.807) is 6.20 Å². The molecule has 0 unspecified atom stereocenters. The van der Waals surface area contributed by atoms with Crippen molar-refractivity contribution in [3.05, 3.63) is 15.5 Å². The predicted molar refractivity (Wildman–Crippen MR) is 90.1 cm³/mol. The molecule has 1 fully saturated rings. The third-order valence-electron chi connectivity index (χ3n) is 3.81. The van der Waals surface area contributed by atoms with Crippen LogP contribution in [-0.4, -0.2) is 31.9 Å². The van der Waals surface area contributed by atoms with Crippen molar-refractivity contribution >= 4 is 28.4 Å². The monoisotopic (exact) mass is 398 g/mol. The maximum absolute atomic E-state index is 4.78. The van der Waals surface area contributed by atoms with Gasteiger partial charge in [0.25, 0.3) is 0 Å². The van der Waals surface area contributed by atoms with E-state index in [2.05, 4.69) is 55.2 Å². The Labute approximate surface area is 137 Å². The van der Waals surface area contributed by atoms with Crippen molar-refractivity contribution < 1.29 is 0 Å². The highest BCUT2D eigenvalue weighted by atomic mass is 127. The van der Waals surface area contributed by atoms with Crippen LogP contribution in [0.5, 0.6) is 0 Å². The first-order valence-electron chi connectivity index (χ1n) is 7.47. The quantitative estimate of drug-likeness (QED) is 0.756. The first kappa shape index (κ1) is 14.7. The maximum atomic E-state index is 4.78. The molecular formula is C14H19IN6. The molecule has 2 aromatic rings. The largest absolute Gasteiger partial charge is 0.369 e. The summed E-state index contributed by atoms with van der Waals surface area (Å²) >= 11 is 2.37. The van der Waals surface area contributed by atoms with Gasteiger partial charge in [-0.05, 0) is 41.9 Å². The van der Waals surface area contributed by atoms with Crippen LogP contribution in [-0.2, 0) is 0 Å². The number of aromatic nitrogens is 5. The summed E-state index contributed by atoms with van der Waals surface area (Å²) in [4.78, 5) is 9.42. The standard InChI is InChI=1S/C14H19IN6/c1-2-7-16-14-11(15)12(9-5-3-4-6-9)18-13(19-14)10-8-17-21-20-10/h8-9H,2-7H2,1H3,(H,16,18,19)(H,17,20,21). The molecule has 2 N–H and O–H groups in total. The van der Waals surface area contributed by atoms with Gasteiger partial charge in [-0.25, -0.2) is 9.97 Å². The molecule has 0 radical (unpaired) electrons. The van der Waals surface area contributed by atoms with Crippen molar-refractivity contribution in [2.24, 2.45) is 0 Å². The van der Waals surface area contributed by atoms with Crippen LogP contribution in [0.3, 0.4) is 0 Å². The Bertz CT molecular complexity index is 592. The molecule has 112 valence electrons. The van der Waals surface area contributed by atoms with Crippen LogP contribution in [0.1, 0.15) is 50.6 Å². The zero-order valence-electron chi connectivity index (χ0n) is 12.1. The van der Waals surface area contributed by atoms with Crippen LogP contribution >= 0.6 is 22.6 Å². The molecule has 21 heavy (non-hydrogen) atoms. The van der Waals surface area contributed by atoms with Crippen LogP contribution < -0.4 is 5.32 Å². The Morgan fingerprint density at radius 3 is 2.81 bits per heavy atom. The normalized spacial score (nSPS) is 15.5. The minimum Gasteiger partial charge on any atom is -0.369 e. The van der Waals surface area contributed by atoms with E-state index < -0.39 is 0 Å². The zero-order valence-corrected chi connectivity index (χ0v) is 14.2. The van der Waals surface area contributed by atoms with E-state index in [1.807, 2.05) is 0 Å². The molecular weight excluding hydrogens is 379 g/mol. The Morgan fingerprint density at radius 2 is 2.14 bits per heavy atom. The van der Waals surface area contributed by atoms with Gasteiger partial charge in [0.15, 0.2) is 5.82 Å². The number of rotatable bonds is 5. The fraction of sp³-hybridized carbons (Fsp3) is 0.571. The minimum atomic E-state index is 0.549. The smallest absolute Gasteiger partial charge is 0.184 e. The molecule has 0 amide bonds. The first-order valence-corrected chi connectivity index (χ1v) is 8.55. The van der Waals surface area contributed by atoms with Gasteiger partial charge in [-0.2, -0.15) is 15.4 Å². The zero-order chi connectivity index (χ0) is 14.7. The fourth-order valence-corrected chi connectivity index (χ4v) is 3.59. The third kappa shape index (κ3) is 3.17. The lowest BCUT2D eigenvalue weighted by molar-refractivity contribution is 0.690. The van der Waals surface area contributed by atoms with Gasteiger partial charge in [0.05, 0.1) is 15.5 Å². The van der Waals surface area contributed by atoms with Crippen molar-refractivity contribution in [3.8, 4) is 11.5 Å². The summed E-state index contributed by atoms with van der Waals surface area (Å²) in [6, 6.07) is 0. The Balaban J connectivity index is 2.02. The second-order valence-corrected chi connectivity index (χ2v) is 6.44. The average Bonchev–Trinajstić information content (AvgIpc) is 3.19. The van der Waals surface area contributed by atoms with E-state index in [0.717, 1.165) is 22.4 Å². The molecule has 2 aromatic heterocycles. The molecule has 6 nitrogen and oxygen atoms in total. The molecule has 0 bridgehead atoms. The molecule has 1 aliphatic rings. The van der Waals surface area contributed by atoms with Gasteiger partial charge in [0.1, 0.15) is 11.5 Å². The summed E-state index contributed by atoms with van der Waals surface area (Å²) in [5.41, 5.74) is 1.87. The number of nitrogens with zero attached hydrogens (tertiary/aromatic N) is 4. The van der Waals surface area contributed by atoms with Gasteiger partial charge < -0.3 is 5.32 Å². The molecule has 0 aromatic carbocycles.